The van der Waals surface area contributed by atoms with E-state index < -0.39 is 0 Å². The average Bonchev–Trinajstić information content (AvgIpc) is 2.56. The van der Waals surface area contributed by atoms with Crippen LogP contribution in [0.4, 0.5) is 4.79 Å². The predicted octanol–water partition coefficient (Wildman–Crippen LogP) is 1.34. The van der Waals surface area contributed by atoms with Crippen molar-refractivity contribution in [3.63, 3.8) is 0 Å². The summed E-state index contributed by atoms with van der Waals surface area (Å²) in [6, 6.07) is 0. The summed E-state index contributed by atoms with van der Waals surface area (Å²) < 4.78 is 7.47. The van der Waals surface area contributed by atoms with Crippen LogP contribution in [0.3, 0.4) is 0 Å². The van der Waals surface area contributed by atoms with Gasteiger partial charge in [0.05, 0.1) is 17.8 Å². The first-order chi connectivity index (χ1) is 7.19. The number of likely N-dealkylation sites (tertiary alicyclic amines) is 1. The number of rotatable bonds is 2. The number of methoxy groups -OCH3 is 1. The second kappa shape index (κ2) is 4.22. The van der Waals surface area contributed by atoms with Crippen LogP contribution in [0.2, 0.25) is 0 Å². The Balaban J connectivity index is 1.79. The van der Waals surface area contributed by atoms with Gasteiger partial charge in [0, 0.05) is 31.7 Å². The Hall–Kier alpha value is -1.04. The zero-order chi connectivity index (χ0) is 10.8. The minimum atomic E-state index is -0.243. The Morgan fingerprint density at radius 2 is 2.47 bits per heavy atom. The Labute approximate surface area is 96.1 Å². The number of halogens is 1. The summed E-state index contributed by atoms with van der Waals surface area (Å²) in [5.41, 5.74) is 0. The van der Waals surface area contributed by atoms with Crippen molar-refractivity contribution in [2.24, 2.45) is 5.92 Å². The molecular weight excluding hydrogens is 262 g/mol. The van der Waals surface area contributed by atoms with E-state index in [0.29, 0.717) is 5.92 Å². The van der Waals surface area contributed by atoms with Crippen molar-refractivity contribution in [2.45, 2.75) is 6.54 Å². The topological polar surface area (TPSA) is 47.4 Å². The highest BCUT2D eigenvalue weighted by Gasteiger charge is 2.31. The molecule has 1 amide bonds. The standard InChI is InChI=1S/C9H12BrN3O2/c1-15-9(14)12-3-7(4-12)5-13-6-8(10)2-11-13/h2,6-7H,3-5H2,1H3. The minimum Gasteiger partial charge on any atom is -0.453 e. The van der Waals surface area contributed by atoms with Crippen LogP contribution in [0, 0.1) is 5.92 Å². The largest absolute Gasteiger partial charge is 0.453 e. The number of amides is 1. The van der Waals surface area contributed by atoms with Crippen LogP contribution >= 0.6 is 15.9 Å². The molecule has 0 aromatic carbocycles. The lowest BCUT2D eigenvalue weighted by Gasteiger charge is -2.37. The van der Waals surface area contributed by atoms with Crippen LogP contribution in [-0.2, 0) is 11.3 Å². The first-order valence-corrected chi connectivity index (χ1v) is 5.49. The molecule has 0 radical (unpaired) electrons. The summed E-state index contributed by atoms with van der Waals surface area (Å²) in [7, 11) is 1.40. The molecule has 0 saturated carbocycles. The molecular formula is C9H12BrN3O2. The molecule has 1 aliphatic rings. The fourth-order valence-corrected chi connectivity index (χ4v) is 1.99. The van der Waals surface area contributed by atoms with Crippen LogP contribution < -0.4 is 0 Å². The molecule has 0 bridgehead atoms. The molecule has 0 spiro atoms. The van der Waals surface area contributed by atoms with Gasteiger partial charge >= 0.3 is 6.09 Å². The van der Waals surface area contributed by atoms with Gasteiger partial charge in [-0.1, -0.05) is 0 Å². The van der Waals surface area contributed by atoms with Crippen molar-refractivity contribution < 1.29 is 9.53 Å². The summed E-state index contributed by atoms with van der Waals surface area (Å²) in [5, 5.41) is 4.16. The molecule has 15 heavy (non-hydrogen) atoms. The monoisotopic (exact) mass is 273 g/mol. The number of aromatic nitrogens is 2. The maximum Gasteiger partial charge on any atom is 0.409 e. The molecule has 2 heterocycles. The smallest absolute Gasteiger partial charge is 0.409 e. The Bertz CT molecular complexity index is 360. The summed E-state index contributed by atoms with van der Waals surface area (Å²) >= 11 is 3.34. The number of hydrogen-bond donors (Lipinski definition) is 0. The number of ether oxygens (including phenoxy) is 1. The van der Waals surface area contributed by atoms with Gasteiger partial charge in [-0.2, -0.15) is 5.10 Å². The van der Waals surface area contributed by atoms with Crippen LogP contribution in [0.1, 0.15) is 0 Å². The van der Waals surface area contributed by atoms with Crippen LogP contribution in [0.5, 0.6) is 0 Å². The van der Waals surface area contributed by atoms with Gasteiger partial charge in [0.2, 0.25) is 0 Å². The van der Waals surface area contributed by atoms with Gasteiger partial charge in [-0.25, -0.2) is 4.79 Å². The maximum absolute atomic E-state index is 11.1. The van der Waals surface area contributed by atoms with Crippen molar-refractivity contribution in [3.8, 4) is 0 Å². The summed E-state index contributed by atoms with van der Waals surface area (Å²) in [5.74, 6) is 0.482. The van der Waals surface area contributed by atoms with Gasteiger partial charge < -0.3 is 9.64 Å². The van der Waals surface area contributed by atoms with E-state index in [0.717, 1.165) is 24.1 Å². The van der Waals surface area contributed by atoms with E-state index in [4.69, 9.17) is 0 Å². The van der Waals surface area contributed by atoms with Crippen LogP contribution in [-0.4, -0.2) is 41.0 Å². The predicted molar refractivity (Wildman–Crippen MR) is 57.4 cm³/mol. The number of carbonyl (C=O) groups is 1. The zero-order valence-corrected chi connectivity index (χ0v) is 9.98. The third-order valence-corrected chi connectivity index (χ3v) is 2.85. The quantitative estimate of drug-likeness (QED) is 0.817. The second-order valence-corrected chi connectivity index (χ2v) is 4.54. The van der Waals surface area contributed by atoms with E-state index in [2.05, 4.69) is 25.8 Å². The lowest BCUT2D eigenvalue weighted by molar-refractivity contribution is 0.0603. The van der Waals surface area contributed by atoms with Gasteiger partial charge in [0.25, 0.3) is 0 Å². The van der Waals surface area contributed by atoms with Gasteiger partial charge in [-0.05, 0) is 15.9 Å². The molecule has 0 N–H and O–H groups in total. The molecule has 1 aromatic rings. The number of carbonyl (C=O) groups excluding carboxylic acids is 1. The SMILES string of the molecule is COC(=O)N1CC(Cn2cc(Br)cn2)C1. The molecule has 2 rings (SSSR count). The van der Waals surface area contributed by atoms with E-state index in [1.54, 1.807) is 11.1 Å². The van der Waals surface area contributed by atoms with Crippen molar-refractivity contribution in [1.29, 1.82) is 0 Å². The Morgan fingerprint density at radius 3 is 3.00 bits per heavy atom. The number of nitrogens with zero attached hydrogens (tertiary/aromatic N) is 3. The zero-order valence-electron chi connectivity index (χ0n) is 8.39. The first kappa shape index (κ1) is 10.5. The Morgan fingerprint density at radius 1 is 1.73 bits per heavy atom. The van der Waals surface area contributed by atoms with Crippen molar-refractivity contribution in [1.82, 2.24) is 14.7 Å². The third-order valence-electron chi connectivity index (χ3n) is 2.44. The Kier molecular flexibility index (Phi) is 2.95. The fraction of sp³-hybridized carbons (Fsp3) is 0.556. The minimum absolute atomic E-state index is 0.243. The van der Waals surface area contributed by atoms with Crippen molar-refractivity contribution in [2.75, 3.05) is 20.2 Å². The molecule has 1 aliphatic heterocycles. The van der Waals surface area contributed by atoms with Gasteiger partial charge in [0.1, 0.15) is 0 Å². The van der Waals surface area contributed by atoms with Gasteiger partial charge in [-0.15, -0.1) is 0 Å². The average molecular weight is 274 g/mol. The highest BCUT2D eigenvalue weighted by Crippen LogP contribution is 2.18. The molecule has 0 atom stereocenters. The maximum atomic E-state index is 11.1. The summed E-state index contributed by atoms with van der Waals surface area (Å²) in [6.45, 7) is 2.35. The molecule has 5 nitrogen and oxygen atoms in total. The fourth-order valence-electron chi connectivity index (χ4n) is 1.67. The molecule has 0 aliphatic carbocycles. The third kappa shape index (κ3) is 2.31. The van der Waals surface area contributed by atoms with E-state index in [9.17, 15) is 4.79 Å². The highest BCUT2D eigenvalue weighted by atomic mass is 79.9. The molecule has 0 unspecified atom stereocenters. The lowest BCUT2D eigenvalue weighted by atomic mass is 10.0. The molecule has 6 heteroatoms. The highest BCUT2D eigenvalue weighted by molar-refractivity contribution is 9.10. The summed E-state index contributed by atoms with van der Waals surface area (Å²) in [6.07, 6.45) is 3.45. The van der Waals surface area contributed by atoms with Gasteiger partial charge in [0.15, 0.2) is 0 Å². The second-order valence-electron chi connectivity index (χ2n) is 3.62. The molecule has 1 saturated heterocycles. The normalized spacial score (nSPS) is 16.3. The summed E-state index contributed by atoms with van der Waals surface area (Å²) in [4.78, 5) is 12.8. The number of hydrogen-bond acceptors (Lipinski definition) is 3. The van der Waals surface area contributed by atoms with Gasteiger partial charge in [-0.3, -0.25) is 4.68 Å². The van der Waals surface area contributed by atoms with Crippen LogP contribution in [0.25, 0.3) is 0 Å². The van der Waals surface area contributed by atoms with Crippen molar-refractivity contribution >= 4 is 22.0 Å². The van der Waals surface area contributed by atoms with E-state index in [1.165, 1.54) is 7.11 Å². The molecule has 1 aromatic heterocycles. The van der Waals surface area contributed by atoms with E-state index >= 15 is 0 Å². The lowest BCUT2D eigenvalue weighted by Crippen LogP contribution is -2.51. The molecule has 82 valence electrons. The van der Waals surface area contributed by atoms with Crippen molar-refractivity contribution in [3.05, 3.63) is 16.9 Å². The van der Waals surface area contributed by atoms with E-state index in [1.807, 2.05) is 10.9 Å². The molecule has 1 fully saturated rings. The first-order valence-electron chi connectivity index (χ1n) is 4.70. The van der Waals surface area contributed by atoms with Crippen LogP contribution in [0.15, 0.2) is 16.9 Å². The van der Waals surface area contributed by atoms with E-state index in [-0.39, 0.29) is 6.09 Å².